The molecule has 0 aromatic heterocycles. The van der Waals surface area contributed by atoms with Crippen molar-refractivity contribution in [2.45, 2.75) is 19.9 Å². The predicted molar refractivity (Wildman–Crippen MR) is 130 cm³/mol. The van der Waals surface area contributed by atoms with Crippen molar-refractivity contribution >= 4 is 46.5 Å². The lowest BCUT2D eigenvalue weighted by molar-refractivity contribution is 0.101. The van der Waals surface area contributed by atoms with Crippen LogP contribution in [0.3, 0.4) is 0 Å². The highest BCUT2D eigenvalue weighted by Crippen LogP contribution is 2.31. The summed E-state index contributed by atoms with van der Waals surface area (Å²) >= 11 is 12.1. The summed E-state index contributed by atoms with van der Waals surface area (Å²) in [6, 6.07) is 13.4. The van der Waals surface area contributed by atoms with E-state index in [9.17, 15) is 18.4 Å². The van der Waals surface area contributed by atoms with E-state index in [4.69, 9.17) is 23.2 Å². The minimum atomic E-state index is -0.964. The van der Waals surface area contributed by atoms with Gasteiger partial charge < -0.3 is 10.2 Å². The maximum Gasteiger partial charge on any atom is 0.324 e. The van der Waals surface area contributed by atoms with Crippen LogP contribution < -0.4 is 10.2 Å². The zero-order valence-corrected chi connectivity index (χ0v) is 19.8. The van der Waals surface area contributed by atoms with Gasteiger partial charge in [-0.1, -0.05) is 41.4 Å². The Bertz CT molecular complexity index is 1250. The first-order valence-corrected chi connectivity index (χ1v) is 11.4. The molecule has 1 N–H and O–H groups in total. The van der Waals surface area contributed by atoms with Gasteiger partial charge in [-0.05, 0) is 60.9 Å². The monoisotopic (exact) mass is 503 g/mol. The molecule has 4 rings (SSSR count). The van der Waals surface area contributed by atoms with Crippen molar-refractivity contribution in [2.75, 3.05) is 23.3 Å². The maximum absolute atomic E-state index is 14.1. The number of hydrogen-bond donors (Lipinski definition) is 1. The molecule has 5 nitrogen and oxygen atoms in total. The van der Waals surface area contributed by atoms with E-state index in [0.29, 0.717) is 41.8 Å². The summed E-state index contributed by atoms with van der Waals surface area (Å²) in [7, 11) is 0. The molecule has 0 saturated carbocycles. The summed E-state index contributed by atoms with van der Waals surface area (Å²) in [6.45, 7) is 3.12. The number of amides is 3. The van der Waals surface area contributed by atoms with Crippen LogP contribution in [0.5, 0.6) is 0 Å². The molecule has 34 heavy (non-hydrogen) atoms. The topological polar surface area (TPSA) is 52.6 Å². The van der Waals surface area contributed by atoms with Crippen molar-refractivity contribution in [3.63, 3.8) is 0 Å². The molecule has 0 bridgehead atoms. The Morgan fingerprint density at radius 2 is 1.74 bits per heavy atom. The number of benzene rings is 3. The van der Waals surface area contributed by atoms with Crippen LogP contribution >= 0.6 is 23.2 Å². The quantitative estimate of drug-likeness (QED) is 0.422. The minimum Gasteiger partial charge on any atom is -0.320 e. The Hall–Kier alpha value is -3.16. The van der Waals surface area contributed by atoms with E-state index in [1.807, 2.05) is 6.92 Å². The Kier molecular flexibility index (Phi) is 7.05. The van der Waals surface area contributed by atoms with Crippen molar-refractivity contribution in [3.05, 3.63) is 93.0 Å². The van der Waals surface area contributed by atoms with Crippen LogP contribution in [0.25, 0.3) is 0 Å². The van der Waals surface area contributed by atoms with Crippen LogP contribution in [-0.2, 0) is 6.54 Å². The second-order valence-corrected chi connectivity index (χ2v) is 8.84. The van der Waals surface area contributed by atoms with Gasteiger partial charge in [0.25, 0.3) is 5.91 Å². The normalized spacial score (nSPS) is 13.9. The van der Waals surface area contributed by atoms with Gasteiger partial charge in [0.1, 0.15) is 17.2 Å². The number of anilines is 2. The summed E-state index contributed by atoms with van der Waals surface area (Å²) in [5.74, 6) is -2.86. The zero-order valence-electron chi connectivity index (χ0n) is 18.2. The van der Waals surface area contributed by atoms with Crippen molar-refractivity contribution in [3.8, 4) is 0 Å². The van der Waals surface area contributed by atoms with Crippen LogP contribution in [0.2, 0.25) is 10.0 Å². The smallest absolute Gasteiger partial charge is 0.320 e. The lowest BCUT2D eigenvalue weighted by atomic mass is 10.1. The van der Waals surface area contributed by atoms with Crippen molar-refractivity contribution < 1.29 is 18.4 Å². The lowest BCUT2D eigenvalue weighted by Gasteiger charge is -2.36. The van der Waals surface area contributed by atoms with Crippen LogP contribution in [0.1, 0.15) is 27.9 Å². The second kappa shape index (κ2) is 9.99. The van der Waals surface area contributed by atoms with E-state index in [1.165, 1.54) is 6.07 Å². The zero-order chi connectivity index (χ0) is 24.4. The van der Waals surface area contributed by atoms with E-state index in [0.717, 1.165) is 23.3 Å². The van der Waals surface area contributed by atoms with Gasteiger partial charge in [-0.2, -0.15) is 0 Å². The average molecular weight is 504 g/mol. The van der Waals surface area contributed by atoms with Crippen molar-refractivity contribution in [1.29, 1.82) is 0 Å². The molecule has 1 aliphatic rings. The molecule has 1 heterocycles. The van der Waals surface area contributed by atoms with Crippen LogP contribution in [0.15, 0.2) is 54.6 Å². The summed E-state index contributed by atoms with van der Waals surface area (Å²) in [5.41, 5.74) is 1.69. The molecule has 1 aliphatic heterocycles. The highest BCUT2D eigenvalue weighted by Gasteiger charge is 2.29. The number of nitrogens with zero attached hydrogens (tertiary/aromatic N) is 2. The molecule has 3 aromatic rings. The first-order valence-electron chi connectivity index (χ1n) is 10.6. The Morgan fingerprint density at radius 3 is 2.44 bits per heavy atom. The lowest BCUT2D eigenvalue weighted by Crippen LogP contribution is -2.49. The molecule has 9 heteroatoms. The van der Waals surface area contributed by atoms with Gasteiger partial charge in [-0.25, -0.2) is 13.6 Å². The number of aryl methyl sites for hydroxylation is 1. The minimum absolute atomic E-state index is 0.256. The number of rotatable bonds is 5. The fourth-order valence-corrected chi connectivity index (χ4v) is 4.22. The van der Waals surface area contributed by atoms with Crippen LogP contribution in [-0.4, -0.2) is 29.9 Å². The summed E-state index contributed by atoms with van der Waals surface area (Å²) in [6.07, 6.45) is 0.691. The third-order valence-electron chi connectivity index (χ3n) is 5.55. The number of carbonyl (C=O) groups is 2. The first kappa shape index (κ1) is 24.0. The standard InChI is InChI=1S/C25H21Cl2F2N3O2/c1-15-6-9-22(21(12-15)30-24(33)23-19(28)4-2-5-20(23)29)32-11-3-10-31(25(32)34)14-16-7-8-17(26)18(27)13-16/h2,4-9,12-13H,3,10-11,14H2,1H3,(H,30,33). The number of carbonyl (C=O) groups excluding carboxylic acids is 2. The van der Waals surface area contributed by atoms with Crippen LogP contribution in [0, 0.1) is 18.6 Å². The molecule has 0 unspecified atom stereocenters. The van der Waals surface area contributed by atoms with E-state index in [1.54, 1.807) is 46.2 Å². The highest BCUT2D eigenvalue weighted by atomic mass is 35.5. The van der Waals surface area contributed by atoms with Gasteiger partial charge in [-0.3, -0.25) is 9.69 Å². The van der Waals surface area contributed by atoms with Crippen molar-refractivity contribution in [1.82, 2.24) is 4.90 Å². The third kappa shape index (κ3) is 5.00. The molecular weight excluding hydrogens is 483 g/mol. The van der Waals surface area contributed by atoms with Gasteiger partial charge in [-0.15, -0.1) is 0 Å². The molecule has 0 radical (unpaired) electrons. The number of halogens is 4. The van der Waals surface area contributed by atoms with E-state index in [2.05, 4.69) is 5.32 Å². The van der Waals surface area contributed by atoms with Gasteiger partial charge in [0, 0.05) is 19.6 Å². The SMILES string of the molecule is Cc1ccc(N2CCCN(Cc3ccc(Cl)c(Cl)c3)C2=O)c(NC(=O)c2c(F)cccc2F)c1. The summed E-state index contributed by atoms with van der Waals surface area (Å²) < 4.78 is 28.2. The predicted octanol–water partition coefficient (Wildman–Crippen LogP) is 6.66. The Morgan fingerprint density at radius 1 is 1.00 bits per heavy atom. The van der Waals surface area contributed by atoms with Gasteiger partial charge in [0.2, 0.25) is 0 Å². The second-order valence-electron chi connectivity index (χ2n) is 8.03. The van der Waals surface area contributed by atoms with Gasteiger partial charge in [0.15, 0.2) is 0 Å². The van der Waals surface area contributed by atoms with E-state index >= 15 is 0 Å². The van der Waals surface area contributed by atoms with Crippen LogP contribution in [0.4, 0.5) is 25.0 Å². The Balaban J connectivity index is 1.60. The number of hydrogen-bond acceptors (Lipinski definition) is 2. The largest absolute Gasteiger partial charge is 0.324 e. The molecule has 0 atom stereocenters. The first-order chi connectivity index (χ1) is 16.2. The molecule has 176 valence electrons. The van der Waals surface area contributed by atoms with Crippen molar-refractivity contribution in [2.24, 2.45) is 0 Å². The molecule has 1 saturated heterocycles. The molecule has 3 aromatic carbocycles. The number of urea groups is 1. The fraction of sp³-hybridized carbons (Fsp3) is 0.200. The van der Waals surface area contributed by atoms with Gasteiger partial charge >= 0.3 is 6.03 Å². The maximum atomic E-state index is 14.1. The average Bonchev–Trinajstić information content (AvgIpc) is 2.78. The molecule has 0 aliphatic carbocycles. The molecule has 3 amide bonds. The highest BCUT2D eigenvalue weighted by molar-refractivity contribution is 6.42. The molecule has 0 spiro atoms. The van der Waals surface area contributed by atoms with Gasteiger partial charge in [0.05, 0.1) is 21.4 Å². The number of nitrogens with one attached hydrogen (secondary N) is 1. The van der Waals surface area contributed by atoms with E-state index < -0.39 is 23.1 Å². The molecular formula is C25H21Cl2F2N3O2. The summed E-state index contributed by atoms with van der Waals surface area (Å²) in [4.78, 5) is 29.3. The molecule has 1 fully saturated rings. The summed E-state index contributed by atoms with van der Waals surface area (Å²) in [5, 5.41) is 3.42. The Labute approximate surface area is 205 Å². The fourth-order valence-electron chi connectivity index (χ4n) is 3.90. The third-order valence-corrected chi connectivity index (χ3v) is 6.29. The van der Waals surface area contributed by atoms with E-state index in [-0.39, 0.29) is 11.7 Å².